The molecule has 0 saturated carbocycles. The van der Waals surface area contributed by atoms with E-state index < -0.39 is 5.97 Å². The molecule has 1 saturated heterocycles. The van der Waals surface area contributed by atoms with E-state index >= 15 is 0 Å². The summed E-state index contributed by atoms with van der Waals surface area (Å²) in [7, 11) is 0. The molecular formula is C10H19NO3. The van der Waals surface area contributed by atoms with Crippen molar-refractivity contribution in [3.63, 3.8) is 0 Å². The summed E-state index contributed by atoms with van der Waals surface area (Å²) in [4.78, 5) is 12.6. The summed E-state index contributed by atoms with van der Waals surface area (Å²) in [6.07, 6.45) is 1.98. The lowest BCUT2D eigenvalue weighted by atomic mass is 10.1. The number of carboxylic acid groups (broad SMARTS) is 1. The molecule has 1 rings (SSSR count). The predicted octanol–water partition coefficient (Wildman–Crippen LogP) is 0.554. The number of likely N-dealkylation sites (tertiary alicyclic amines) is 1. The summed E-state index contributed by atoms with van der Waals surface area (Å²) in [5.41, 5.74) is 0. The van der Waals surface area contributed by atoms with Gasteiger partial charge in [-0.05, 0) is 32.2 Å². The van der Waals surface area contributed by atoms with Crippen molar-refractivity contribution in [3.8, 4) is 0 Å². The Balaban J connectivity index is 2.24. The van der Waals surface area contributed by atoms with E-state index in [0.29, 0.717) is 18.4 Å². The molecule has 0 spiro atoms. The van der Waals surface area contributed by atoms with E-state index in [0.717, 1.165) is 19.5 Å². The third-order valence-electron chi connectivity index (χ3n) is 2.97. The standard InChI is InChI=1S/C10H19NO3/c1-8(2-3-10(13)14)11-5-4-9(6-11)7-12/h8-9,12H,2-7H2,1H3,(H,13,14). The van der Waals surface area contributed by atoms with Crippen molar-refractivity contribution in [1.82, 2.24) is 4.90 Å². The van der Waals surface area contributed by atoms with Crippen LogP contribution >= 0.6 is 0 Å². The summed E-state index contributed by atoms with van der Waals surface area (Å²) in [5.74, 6) is -0.336. The molecule has 0 radical (unpaired) electrons. The Hall–Kier alpha value is -0.610. The molecule has 0 aromatic rings. The SMILES string of the molecule is CC(CCC(=O)O)N1CCC(CO)C1. The molecule has 1 heterocycles. The molecule has 1 aliphatic heterocycles. The summed E-state index contributed by atoms with van der Waals surface area (Å²) in [6.45, 7) is 4.22. The molecule has 1 fully saturated rings. The number of aliphatic hydroxyl groups excluding tert-OH is 1. The van der Waals surface area contributed by atoms with Gasteiger partial charge in [-0.2, -0.15) is 0 Å². The van der Waals surface area contributed by atoms with Crippen molar-refractivity contribution in [1.29, 1.82) is 0 Å². The zero-order valence-corrected chi connectivity index (χ0v) is 8.65. The predicted molar refractivity (Wildman–Crippen MR) is 53.1 cm³/mol. The molecule has 4 nitrogen and oxygen atoms in total. The molecule has 2 N–H and O–H groups in total. The monoisotopic (exact) mass is 201 g/mol. The molecule has 0 aromatic carbocycles. The van der Waals surface area contributed by atoms with Gasteiger partial charge in [-0.3, -0.25) is 4.79 Å². The van der Waals surface area contributed by atoms with E-state index in [1.807, 2.05) is 0 Å². The molecule has 0 bridgehead atoms. The summed E-state index contributed by atoms with van der Waals surface area (Å²) >= 11 is 0. The number of nitrogens with zero attached hydrogens (tertiary/aromatic N) is 1. The van der Waals surface area contributed by atoms with Gasteiger partial charge in [-0.15, -0.1) is 0 Å². The quantitative estimate of drug-likeness (QED) is 0.682. The van der Waals surface area contributed by atoms with Gasteiger partial charge >= 0.3 is 5.97 Å². The molecule has 2 atom stereocenters. The van der Waals surface area contributed by atoms with Crippen LogP contribution in [0.1, 0.15) is 26.2 Å². The fourth-order valence-corrected chi connectivity index (χ4v) is 1.93. The Morgan fingerprint density at radius 3 is 2.86 bits per heavy atom. The molecule has 2 unspecified atom stereocenters. The van der Waals surface area contributed by atoms with E-state index in [-0.39, 0.29) is 13.0 Å². The van der Waals surface area contributed by atoms with Crippen molar-refractivity contribution in [2.24, 2.45) is 5.92 Å². The Morgan fingerprint density at radius 2 is 2.36 bits per heavy atom. The maximum atomic E-state index is 10.4. The highest BCUT2D eigenvalue weighted by molar-refractivity contribution is 5.66. The van der Waals surface area contributed by atoms with E-state index in [9.17, 15) is 4.79 Å². The Labute approximate surface area is 84.5 Å². The molecular weight excluding hydrogens is 182 g/mol. The van der Waals surface area contributed by atoms with Crippen molar-refractivity contribution < 1.29 is 15.0 Å². The van der Waals surface area contributed by atoms with Crippen LogP contribution in [-0.2, 0) is 4.79 Å². The number of hydrogen-bond donors (Lipinski definition) is 2. The smallest absolute Gasteiger partial charge is 0.303 e. The fraction of sp³-hybridized carbons (Fsp3) is 0.900. The first-order valence-corrected chi connectivity index (χ1v) is 5.20. The van der Waals surface area contributed by atoms with Crippen LogP contribution in [0, 0.1) is 5.92 Å². The van der Waals surface area contributed by atoms with Crippen LogP contribution in [0.5, 0.6) is 0 Å². The average Bonchev–Trinajstić information content (AvgIpc) is 2.62. The van der Waals surface area contributed by atoms with Crippen LogP contribution in [0.3, 0.4) is 0 Å². The first kappa shape index (κ1) is 11.5. The highest BCUT2D eigenvalue weighted by Crippen LogP contribution is 2.19. The highest BCUT2D eigenvalue weighted by atomic mass is 16.4. The largest absolute Gasteiger partial charge is 0.481 e. The zero-order chi connectivity index (χ0) is 10.6. The fourth-order valence-electron chi connectivity index (χ4n) is 1.93. The van der Waals surface area contributed by atoms with Crippen molar-refractivity contribution in [3.05, 3.63) is 0 Å². The van der Waals surface area contributed by atoms with Gasteiger partial charge in [0, 0.05) is 25.6 Å². The van der Waals surface area contributed by atoms with Gasteiger partial charge in [-0.1, -0.05) is 0 Å². The lowest BCUT2D eigenvalue weighted by Crippen LogP contribution is -2.31. The van der Waals surface area contributed by atoms with E-state index in [4.69, 9.17) is 10.2 Å². The van der Waals surface area contributed by atoms with Crippen molar-refractivity contribution in [2.45, 2.75) is 32.2 Å². The average molecular weight is 201 g/mol. The molecule has 0 aromatic heterocycles. The third-order valence-corrected chi connectivity index (χ3v) is 2.97. The van der Waals surface area contributed by atoms with Gasteiger partial charge in [0.25, 0.3) is 0 Å². The van der Waals surface area contributed by atoms with Crippen molar-refractivity contribution >= 4 is 5.97 Å². The van der Waals surface area contributed by atoms with Crippen LogP contribution in [-0.4, -0.2) is 46.8 Å². The van der Waals surface area contributed by atoms with Crippen LogP contribution in [0.25, 0.3) is 0 Å². The van der Waals surface area contributed by atoms with Gasteiger partial charge in [0.15, 0.2) is 0 Å². The van der Waals surface area contributed by atoms with E-state index in [1.54, 1.807) is 0 Å². The van der Waals surface area contributed by atoms with Gasteiger partial charge in [0.1, 0.15) is 0 Å². The maximum absolute atomic E-state index is 10.4. The van der Waals surface area contributed by atoms with Gasteiger partial charge < -0.3 is 15.1 Å². The molecule has 1 aliphatic rings. The third kappa shape index (κ3) is 3.27. The van der Waals surface area contributed by atoms with E-state index in [2.05, 4.69) is 11.8 Å². The number of carbonyl (C=O) groups is 1. The number of hydrogen-bond acceptors (Lipinski definition) is 3. The maximum Gasteiger partial charge on any atom is 0.303 e. The van der Waals surface area contributed by atoms with Crippen LogP contribution in [0.4, 0.5) is 0 Å². The lowest BCUT2D eigenvalue weighted by Gasteiger charge is -2.23. The van der Waals surface area contributed by atoms with E-state index in [1.165, 1.54) is 0 Å². The minimum Gasteiger partial charge on any atom is -0.481 e. The minimum absolute atomic E-state index is 0.238. The molecule has 0 amide bonds. The summed E-state index contributed by atoms with van der Waals surface area (Å²) in [6, 6.07) is 0.322. The Bertz CT molecular complexity index is 196. The number of aliphatic carboxylic acids is 1. The Morgan fingerprint density at radius 1 is 1.64 bits per heavy atom. The normalized spacial score (nSPS) is 25.1. The molecule has 82 valence electrons. The van der Waals surface area contributed by atoms with Crippen LogP contribution in [0.15, 0.2) is 0 Å². The second-order valence-corrected chi connectivity index (χ2v) is 4.11. The molecule has 14 heavy (non-hydrogen) atoms. The topological polar surface area (TPSA) is 60.8 Å². The number of rotatable bonds is 5. The van der Waals surface area contributed by atoms with Gasteiger partial charge in [0.2, 0.25) is 0 Å². The number of aliphatic hydroxyl groups is 1. The lowest BCUT2D eigenvalue weighted by molar-refractivity contribution is -0.137. The molecule has 0 aliphatic carbocycles. The summed E-state index contributed by atoms with van der Waals surface area (Å²) in [5, 5.41) is 17.5. The van der Waals surface area contributed by atoms with Gasteiger partial charge in [0.05, 0.1) is 0 Å². The minimum atomic E-state index is -0.727. The Kier molecular flexibility index (Phi) is 4.35. The number of carboxylic acids is 1. The summed E-state index contributed by atoms with van der Waals surface area (Å²) < 4.78 is 0. The second-order valence-electron chi connectivity index (χ2n) is 4.11. The first-order valence-electron chi connectivity index (χ1n) is 5.20. The first-order chi connectivity index (χ1) is 6.63. The van der Waals surface area contributed by atoms with Crippen LogP contribution < -0.4 is 0 Å². The second kappa shape index (κ2) is 5.32. The molecule has 4 heteroatoms. The highest BCUT2D eigenvalue weighted by Gasteiger charge is 2.25. The van der Waals surface area contributed by atoms with Crippen molar-refractivity contribution in [2.75, 3.05) is 19.7 Å². The van der Waals surface area contributed by atoms with Gasteiger partial charge in [-0.25, -0.2) is 0 Å². The zero-order valence-electron chi connectivity index (χ0n) is 8.65. The van der Waals surface area contributed by atoms with Crippen LogP contribution in [0.2, 0.25) is 0 Å².